The van der Waals surface area contributed by atoms with Gasteiger partial charge in [0.05, 0.1) is 90.2 Å². The van der Waals surface area contributed by atoms with E-state index in [0.717, 1.165) is 81.0 Å². The van der Waals surface area contributed by atoms with E-state index in [0.29, 0.717) is 29.5 Å². The zero-order chi connectivity index (χ0) is 94.5. The highest BCUT2D eigenvalue weighted by atomic mass is 35.5. The molecule has 5 amide bonds. The lowest BCUT2D eigenvalue weighted by molar-refractivity contribution is -0.142. The molecule has 4 fully saturated rings. The number of halogens is 10. The third-order valence-corrected chi connectivity index (χ3v) is 29.1. The van der Waals surface area contributed by atoms with E-state index in [2.05, 4.69) is 41.3 Å². The van der Waals surface area contributed by atoms with Crippen molar-refractivity contribution >= 4 is 230 Å². The van der Waals surface area contributed by atoms with Crippen LogP contribution >= 0.6 is 116 Å². The summed E-state index contributed by atoms with van der Waals surface area (Å²) >= 11 is 61.2. The lowest BCUT2D eigenvalue weighted by Crippen LogP contribution is -2.39. The number of anilines is 8. The largest absolute Gasteiger partial charge is 0.381 e. The summed E-state index contributed by atoms with van der Waals surface area (Å²) in [7, 11) is -1.73. The number of ether oxygens (including phenoxy) is 1. The Morgan fingerprint density at radius 1 is 0.359 bits per heavy atom. The molecule has 0 radical (unpaired) electrons. The molecule has 0 aromatic heterocycles. The number of ketones is 5. The second kappa shape index (κ2) is 39.3. The normalized spacial score (nSPS) is 22.2. The van der Waals surface area contributed by atoms with E-state index in [1.54, 1.807) is 43.5 Å². The number of Topliss-reactive ketones (excluding diaryl/α,β-unsaturated/α-hetero) is 5. The molecule has 18 rings (SSSR count). The van der Waals surface area contributed by atoms with E-state index in [-0.39, 0.29) is 159 Å². The fraction of sp³-hybridized carbons (Fsp3) is 0.319. The number of sulfone groups is 1. The molecular weight excluding hydrogens is 1920 g/mol. The van der Waals surface area contributed by atoms with Gasteiger partial charge in [0.2, 0.25) is 0 Å². The van der Waals surface area contributed by atoms with Crippen LogP contribution in [0.4, 0.5) is 45.5 Å². The molecule has 3 saturated heterocycles. The van der Waals surface area contributed by atoms with Crippen molar-refractivity contribution in [1.82, 2.24) is 0 Å². The minimum Gasteiger partial charge on any atom is -0.381 e. The number of carbonyl (C=O) groups is 10. The third-order valence-electron chi connectivity index (χ3n) is 24.9. The Balaban J connectivity index is 0.000000132. The zero-order valence-corrected chi connectivity index (χ0v) is 78.7. The van der Waals surface area contributed by atoms with Gasteiger partial charge in [-0.15, -0.1) is 0 Å². The highest BCUT2D eigenvalue weighted by molar-refractivity contribution is 7.90. The molecule has 10 N–H and O–H groups in total. The number of carbonyl (C=O) groups excluding carboxylic acids is 10. The molecule has 0 spiro atoms. The van der Waals surface area contributed by atoms with Gasteiger partial charge in [0.1, 0.15) is 5.78 Å². The minimum atomic E-state index is -3.40. The van der Waals surface area contributed by atoms with Gasteiger partial charge < -0.3 is 71.6 Å². The third kappa shape index (κ3) is 19.7. The summed E-state index contributed by atoms with van der Waals surface area (Å²) < 4.78 is 28.3. The molecule has 9 aromatic carbocycles. The van der Waals surface area contributed by atoms with Crippen LogP contribution in [-0.2, 0) is 71.3 Å². The van der Waals surface area contributed by atoms with Crippen LogP contribution < -0.4 is 41.3 Å². The van der Waals surface area contributed by atoms with Gasteiger partial charge in [0.25, 0.3) is 29.5 Å². The van der Waals surface area contributed by atoms with Crippen molar-refractivity contribution in [3.8, 4) is 0 Å². The van der Waals surface area contributed by atoms with Crippen molar-refractivity contribution in [1.29, 1.82) is 0 Å². The summed E-state index contributed by atoms with van der Waals surface area (Å²) in [5.74, 6) is -5.44. The topological polar surface area (TPSA) is 385 Å². The number of aryl methyl sites for hydroxylation is 1. The number of aliphatic hydroxyl groups is 5. The van der Waals surface area contributed by atoms with E-state index in [1.165, 1.54) is 111 Å². The van der Waals surface area contributed by atoms with Crippen molar-refractivity contribution < 1.29 is 86.6 Å². The zero-order valence-electron chi connectivity index (χ0n) is 70.3. The molecule has 686 valence electrons. The quantitative estimate of drug-likeness (QED) is 0.0317. The predicted molar refractivity (Wildman–Crippen MR) is 506 cm³/mol. The molecule has 8 aliphatic heterocycles. The van der Waals surface area contributed by atoms with E-state index in [4.69, 9.17) is 121 Å². The molecule has 5 unspecified atom stereocenters. The average molecular weight is 2000 g/mol. The molecule has 9 aliphatic rings. The maximum Gasteiger partial charge on any atom is 0.261 e. The van der Waals surface area contributed by atoms with Crippen LogP contribution in [0.1, 0.15) is 165 Å². The monoisotopic (exact) mass is 2000 g/mol. The summed E-state index contributed by atoms with van der Waals surface area (Å²) in [5.41, 5.74) is -2.58. The maximum absolute atomic E-state index is 12.9. The fourth-order valence-electron chi connectivity index (χ4n) is 17.5. The highest BCUT2D eigenvalue weighted by Gasteiger charge is 2.55. The van der Waals surface area contributed by atoms with Gasteiger partial charge in [-0.05, 0) is 210 Å². The molecule has 1 saturated carbocycles. The second-order valence-corrected chi connectivity index (χ2v) is 39.4. The van der Waals surface area contributed by atoms with E-state index >= 15 is 0 Å². The molecule has 1 aliphatic carbocycles. The first kappa shape index (κ1) is 97.7. The minimum absolute atomic E-state index is 0.0535. The number of fused-ring (bicyclic) bond motifs is 5. The SMILES string of the molecule is COC1CCC(C(=O)CC2(O)C(=O)Nc3c(Cl)ccc(Cl)c32)CC1.CS(=O)(=O)c1ccc(C(=O)CC2(O)C(=O)Nc3c(Cl)ccc(Cl)c32)cc1.Cc1cc(C(=O)CC2(O)C(=O)Nc3c(Cl)ccc(Cl)c32)ccc1N1CCCC1.O=C(CC1(O)C(=O)Nc2c(Cl)ccc(Cl)c21)c1ccc(N2CCC2)cc1.O=C(CC1(O)C(=O)Nc2c(Cl)ccc(Cl)c21)c1ccc(N2CCCC2)cc1. The van der Waals surface area contributed by atoms with Crippen LogP contribution in [0.3, 0.4) is 0 Å². The first-order valence-electron chi connectivity index (χ1n) is 41.7. The maximum atomic E-state index is 12.9. The standard InChI is InChI=1S/C21H20Cl2N2O3.C20H18Cl2N2O3.C19H16Cl2N2O3.C17H13Cl2NO5S.C17H19Cl2NO4/c1-12-10-13(4-7-16(12)25-8-2-3-9-25)17(26)11-21(28)18-14(22)5-6-15(23)19(18)24-20(21)27;21-14-7-8-15(22)18-17(14)20(27,19(26)23-18)11-16(25)12-3-5-13(6-4-12)24-9-1-2-10-24;20-13-6-7-14(21)17-16(13)19(26,18(25)22-17)10-15(24)11-2-4-12(5-3-11)23-8-1-9-23;1-26(24,25)10-4-2-9(3-5-10)13(21)8-17(23)14-11(18)6-7-12(19)15(14)20-16(17)22;1-24-10-4-2-9(3-5-10)13(21)8-17(23)14-11(18)6-7-12(19)15(14)20-16(17)22/h4-7,10,28H,2-3,8-9,11H2,1H3,(H,24,27);3-8,27H,1-2,9-11H2,(H,23,26);2-7,26H,1,8-10H2,(H,22,25);2-7,23H,8H2,1H3,(H,20,22);6-7,9-10,23H,2-5,8H2,1H3,(H,20,22). The first-order chi connectivity index (χ1) is 62.0. The number of rotatable bonds is 20. The molecular formula is C94H86Cl10N8O18S. The van der Waals surface area contributed by atoms with E-state index in [9.17, 15) is 81.9 Å². The van der Waals surface area contributed by atoms with Crippen LogP contribution in [0, 0.1) is 12.8 Å². The lowest BCUT2D eigenvalue weighted by atomic mass is 9.79. The van der Waals surface area contributed by atoms with Gasteiger partial charge in [-0.25, -0.2) is 8.42 Å². The molecule has 26 nitrogen and oxygen atoms in total. The number of nitrogens with zero attached hydrogens (tertiary/aromatic N) is 3. The van der Waals surface area contributed by atoms with Crippen LogP contribution in [0.15, 0.2) is 157 Å². The Morgan fingerprint density at radius 2 is 0.618 bits per heavy atom. The van der Waals surface area contributed by atoms with Crippen molar-refractivity contribution in [3.63, 3.8) is 0 Å². The van der Waals surface area contributed by atoms with Crippen molar-refractivity contribution in [3.05, 3.63) is 258 Å². The molecule has 9 aromatic rings. The Bertz CT molecular complexity index is 6270. The predicted octanol–water partition coefficient (Wildman–Crippen LogP) is 18.0. The number of hydrogen-bond donors (Lipinski definition) is 10. The average Bonchev–Trinajstić information content (AvgIpc) is 1.61. The first-order valence-corrected chi connectivity index (χ1v) is 47.3. The Hall–Kier alpha value is -9.31. The molecule has 5 atom stereocenters. The van der Waals surface area contributed by atoms with E-state index < -0.39 is 98.8 Å². The van der Waals surface area contributed by atoms with Crippen molar-refractivity contribution in [2.24, 2.45) is 5.92 Å². The number of amides is 5. The van der Waals surface area contributed by atoms with Crippen LogP contribution in [0.25, 0.3) is 0 Å². The fourth-order valence-corrected chi connectivity index (χ4v) is 20.8. The highest BCUT2D eigenvalue weighted by Crippen LogP contribution is 2.53. The molecule has 131 heavy (non-hydrogen) atoms. The number of methoxy groups -OCH3 is 1. The van der Waals surface area contributed by atoms with Crippen LogP contribution in [-0.4, -0.2) is 151 Å². The smallest absolute Gasteiger partial charge is 0.261 e. The van der Waals surface area contributed by atoms with Crippen LogP contribution in [0.5, 0.6) is 0 Å². The Morgan fingerprint density at radius 3 is 0.893 bits per heavy atom. The van der Waals surface area contributed by atoms with Crippen molar-refractivity contribution in [2.45, 2.75) is 136 Å². The second-order valence-electron chi connectivity index (χ2n) is 33.3. The van der Waals surface area contributed by atoms with Gasteiger partial charge in [-0.2, -0.15) is 0 Å². The molecule has 0 bridgehead atoms. The number of benzene rings is 9. The summed E-state index contributed by atoms with van der Waals surface area (Å²) in [4.78, 5) is 132. The van der Waals surface area contributed by atoms with Gasteiger partial charge in [0.15, 0.2) is 61.0 Å². The van der Waals surface area contributed by atoms with E-state index in [1.807, 2.05) is 43.3 Å². The van der Waals surface area contributed by atoms with Gasteiger partial charge in [-0.1, -0.05) is 128 Å². The lowest BCUT2D eigenvalue weighted by Gasteiger charge is -2.33. The molecule has 37 heteroatoms. The van der Waals surface area contributed by atoms with Gasteiger partial charge in [-0.3, -0.25) is 47.9 Å². The summed E-state index contributed by atoms with van der Waals surface area (Å²) in [5, 5.41) is 69.5. The Labute approximate surface area is 803 Å². The summed E-state index contributed by atoms with van der Waals surface area (Å²) in [6.45, 7) is 8.07. The van der Waals surface area contributed by atoms with Crippen molar-refractivity contribution in [2.75, 3.05) is 93.9 Å². The van der Waals surface area contributed by atoms with Crippen LogP contribution in [0.2, 0.25) is 50.2 Å². The summed E-state index contributed by atoms with van der Waals surface area (Å²) in [6.07, 6.45) is 8.02. The van der Waals surface area contributed by atoms with Gasteiger partial charge in [0, 0.05) is 157 Å². The molecule has 8 heterocycles. The summed E-state index contributed by atoms with van der Waals surface area (Å²) in [6, 6.07) is 40.3. The Kier molecular flexibility index (Phi) is 29.3. The number of hydrogen-bond acceptors (Lipinski definition) is 21. The van der Waals surface area contributed by atoms with Gasteiger partial charge >= 0.3 is 0 Å². The number of nitrogens with one attached hydrogen (secondary N) is 5.